The lowest BCUT2D eigenvalue weighted by atomic mass is 9.96. The Morgan fingerprint density at radius 1 is 1.25 bits per heavy atom. The predicted molar refractivity (Wildman–Crippen MR) is 117 cm³/mol. The summed E-state index contributed by atoms with van der Waals surface area (Å²) in [7, 11) is 6.06. The molecule has 1 aliphatic heterocycles. The number of likely N-dealkylation sites (N-methyl/N-ethyl adjacent to an activating group) is 1. The quantitative estimate of drug-likeness (QED) is 0.608. The summed E-state index contributed by atoms with van der Waals surface area (Å²) in [5.41, 5.74) is 1.29. The van der Waals surface area contributed by atoms with Crippen LogP contribution in [-0.4, -0.2) is 73.6 Å². The molecule has 0 aliphatic carbocycles. The molecule has 2 aromatic rings. The third-order valence-corrected chi connectivity index (χ3v) is 6.18. The minimum Gasteiger partial charge on any atom is -0.496 e. The number of methoxy groups -OCH3 is 1. The topological polar surface area (TPSA) is 31.8 Å². The van der Waals surface area contributed by atoms with Gasteiger partial charge in [0, 0.05) is 49.9 Å². The van der Waals surface area contributed by atoms with Crippen LogP contribution < -0.4 is 4.74 Å². The van der Waals surface area contributed by atoms with Crippen molar-refractivity contribution in [3.8, 4) is 5.75 Å². The number of likely N-dealkylation sites (tertiary alicyclic amines) is 1. The number of thiazole rings is 1. The fourth-order valence-electron chi connectivity index (χ4n) is 3.98. The molecule has 3 rings (SSSR count). The van der Waals surface area contributed by atoms with E-state index in [0.29, 0.717) is 5.92 Å². The Morgan fingerprint density at radius 3 is 2.86 bits per heavy atom. The average Bonchev–Trinajstić information content (AvgIpc) is 3.20. The van der Waals surface area contributed by atoms with Crippen LogP contribution >= 0.6 is 11.3 Å². The predicted octanol–water partition coefficient (Wildman–Crippen LogP) is 3.43. The minimum absolute atomic E-state index is 0.714. The fraction of sp³-hybridized carbons (Fsp3) is 0.591. The molecule has 5 nitrogen and oxygen atoms in total. The summed E-state index contributed by atoms with van der Waals surface area (Å²) in [5.74, 6) is 1.71. The molecule has 1 saturated heterocycles. The van der Waals surface area contributed by atoms with Gasteiger partial charge in [0.25, 0.3) is 0 Å². The van der Waals surface area contributed by atoms with Crippen molar-refractivity contribution < 1.29 is 4.74 Å². The normalized spacial score (nSPS) is 18.1. The van der Waals surface area contributed by atoms with Crippen molar-refractivity contribution in [3.63, 3.8) is 0 Å². The Bertz CT molecular complexity index is 692. The molecule has 0 radical (unpaired) electrons. The van der Waals surface area contributed by atoms with E-state index < -0.39 is 0 Å². The minimum atomic E-state index is 0.714. The molecule has 28 heavy (non-hydrogen) atoms. The molecule has 0 spiro atoms. The summed E-state index contributed by atoms with van der Waals surface area (Å²) in [6.45, 7) is 7.61. The molecule has 154 valence electrons. The highest BCUT2D eigenvalue weighted by Crippen LogP contribution is 2.24. The number of aromatic nitrogens is 1. The summed E-state index contributed by atoms with van der Waals surface area (Å²) in [5, 5.41) is 3.30. The third kappa shape index (κ3) is 6.55. The number of nitrogens with zero attached hydrogens (tertiary/aromatic N) is 4. The Morgan fingerprint density at radius 2 is 2.11 bits per heavy atom. The van der Waals surface area contributed by atoms with E-state index in [4.69, 9.17) is 4.74 Å². The Labute approximate surface area is 173 Å². The molecule has 6 heteroatoms. The Balaban J connectivity index is 1.57. The van der Waals surface area contributed by atoms with Gasteiger partial charge in [-0.3, -0.25) is 9.80 Å². The number of benzene rings is 1. The van der Waals surface area contributed by atoms with Crippen LogP contribution in [0.15, 0.2) is 35.8 Å². The van der Waals surface area contributed by atoms with Crippen LogP contribution in [0.2, 0.25) is 0 Å². The second-order valence-corrected chi connectivity index (χ2v) is 9.00. The second kappa shape index (κ2) is 10.9. The molecule has 1 aromatic heterocycles. The standard InChI is InChI=1S/C22H34N4OS/c1-24(2)12-13-26(18-22-23-10-14-28-22)16-19-7-6-11-25(15-19)17-20-8-4-5-9-21(20)27-3/h4-5,8-10,14,19H,6-7,11-13,15-18H2,1-3H3/t19-/m0/s1. The van der Waals surface area contributed by atoms with E-state index in [2.05, 4.69) is 57.4 Å². The number of rotatable bonds is 10. The highest BCUT2D eigenvalue weighted by atomic mass is 32.1. The second-order valence-electron chi connectivity index (χ2n) is 8.02. The molecule has 2 heterocycles. The van der Waals surface area contributed by atoms with Crippen molar-refractivity contribution in [2.24, 2.45) is 5.92 Å². The monoisotopic (exact) mass is 402 g/mol. The van der Waals surface area contributed by atoms with Gasteiger partial charge in [-0.1, -0.05) is 18.2 Å². The van der Waals surface area contributed by atoms with Crippen LogP contribution in [-0.2, 0) is 13.1 Å². The fourth-order valence-corrected chi connectivity index (χ4v) is 4.64. The maximum Gasteiger partial charge on any atom is 0.123 e. The largest absolute Gasteiger partial charge is 0.496 e. The van der Waals surface area contributed by atoms with Gasteiger partial charge >= 0.3 is 0 Å². The van der Waals surface area contributed by atoms with Crippen molar-refractivity contribution in [2.75, 3.05) is 53.9 Å². The summed E-state index contributed by atoms with van der Waals surface area (Å²) < 4.78 is 5.55. The van der Waals surface area contributed by atoms with E-state index in [0.717, 1.165) is 45.0 Å². The van der Waals surface area contributed by atoms with Gasteiger partial charge in [-0.15, -0.1) is 11.3 Å². The first-order chi connectivity index (χ1) is 13.6. The lowest BCUT2D eigenvalue weighted by Gasteiger charge is -2.36. The van der Waals surface area contributed by atoms with Crippen LogP contribution in [0.25, 0.3) is 0 Å². The number of ether oxygens (including phenoxy) is 1. The van der Waals surface area contributed by atoms with Crippen molar-refractivity contribution in [1.29, 1.82) is 0 Å². The van der Waals surface area contributed by atoms with E-state index in [9.17, 15) is 0 Å². The molecule has 1 aliphatic rings. The van der Waals surface area contributed by atoms with E-state index in [-0.39, 0.29) is 0 Å². The Hall–Kier alpha value is -1.47. The summed E-state index contributed by atoms with van der Waals surface area (Å²) in [6.07, 6.45) is 4.51. The van der Waals surface area contributed by atoms with E-state index in [1.807, 2.05) is 12.3 Å². The zero-order valence-electron chi connectivity index (χ0n) is 17.5. The number of hydrogen-bond donors (Lipinski definition) is 0. The van der Waals surface area contributed by atoms with Gasteiger partial charge in [0.15, 0.2) is 0 Å². The molecule has 0 bridgehead atoms. The first-order valence-corrected chi connectivity index (χ1v) is 11.1. The zero-order chi connectivity index (χ0) is 19.8. The van der Waals surface area contributed by atoms with Crippen molar-refractivity contribution in [2.45, 2.75) is 25.9 Å². The van der Waals surface area contributed by atoms with Gasteiger partial charge in [-0.2, -0.15) is 0 Å². The van der Waals surface area contributed by atoms with Crippen molar-refractivity contribution in [1.82, 2.24) is 19.7 Å². The summed E-state index contributed by atoms with van der Waals surface area (Å²) >= 11 is 1.76. The molecular formula is C22H34N4OS. The molecule has 1 aromatic carbocycles. The van der Waals surface area contributed by atoms with Gasteiger partial charge in [0.1, 0.15) is 10.8 Å². The van der Waals surface area contributed by atoms with E-state index >= 15 is 0 Å². The first kappa shape index (κ1) is 21.2. The maximum atomic E-state index is 5.55. The van der Waals surface area contributed by atoms with Crippen LogP contribution in [0.5, 0.6) is 5.75 Å². The van der Waals surface area contributed by atoms with E-state index in [1.165, 1.54) is 30.0 Å². The van der Waals surface area contributed by atoms with Crippen LogP contribution in [0.3, 0.4) is 0 Å². The average molecular weight is 403 g/mol. The smallest absolute Gasteiger partial charge is 0.123 e. The molecular weight excluding hydrogens is 368 g/mol. The van der Waals surface area contributed by atoms with Crippen molar-refractivity contribution >= 4 is 11.3 Å². The first-order valence-electron chi connectivity index (χ1n) is 10.2. The maximum absolute atomic E-state index is 5.55. The highest BCUT2D eigenvalue weighted by Gasteiger charge is 2.23. The SMILES string of the molecule is COc1ccccc1CN1CCC[C@H](CN(CCN(C)C)Cc2nccs2)C1. The van der Waals surface area contributed by atoms with Crippen LogP contribution in [0, 0.1) is 5.92 Å². The third-order valence-electron chi connectivity index (χ3n) is 5.41. The summed E-state index contributed by atoms with van der Waals surface area (Å²) in [4.78, 5) is 12.0. The highest BCUT2D eigenvalue weighted by molar-refractivity contribution is 7.09. The lowest BCUT2D eigenvalue weighted by Crippen LogP contribution is -2.42. The molecule has 1 fully saturated rings. The van der Waals surface area contributed by atoms with Crippen LogP contribution in [0.1, 0.15) is 23.4 Å². The Kier molecular flexibility index (Phi) is 8.27. The number of hydrogen-bond acceptors (Lipinski definition) is 6. The van der Waals surface area contributed by atoms with Gasteiger partial charge < -0.3 is 9.64 Å². The van der Waals surface area contributed by atoms with Crippen molar-refractivity contribution in [3.05, 3.63) is 46.4 Å². The van der Waals surface area contributed by atoms with Gasteiger partial charge in [0.05, 0.1) is 13.7 Å². The molecule has 1 atom stereocenters. The number of piperidine rings is 1. The molecule has 0 unspecified atom stereocenters. The number of para-hydroxylation sites is 1. The van der Waals surface area contributed by atoms with Gasteiger partial charge in [-0.25, -0.2) is 4.98 Å². The summed E-state index contributed by atoms with van der Waals surface area (Å²) in [6, 6.07) is 8.40. The van der Waals surface area contributed by atoms with Gasteiger partial charge in [-0.05, 0) is 45.5 Å². The van der Waals surface area contributed by atoms with Gasteiger partial charge in [0.2, 0.25) is 0 Å². The van der Waals surface area contributed by atoms with Crippen LogP contribution in [0.4, 0.5) is 0 Å². The molecule has 0 N–H and O–H groups in total. The lowest BCUT2D eigenvalue weighted by molar-refractivity contribution is 0.120. The zero-order valence-corrected chi connectivity index (χ0v) is 18.3. The molecule has 0 amide bonds. The molecule has 0 saturated carbocycles. The van der Waals surface area contributed by atoms with E-state index in [1.54, 1.807) is 18.4 Å².